The van der Waals surface area contributed by atoms with Gasteiger partial charge in [-0.1, -0.05) is 0 Å². The number of aldehydes is 1. The van der Waals surface area contributed by atoms with Crippen molar-refractivity contribution in [1.29, 1.82) is 0 Å². The molecule has 0 N–H and O–H groups in total. The molecule has 0 aliphatic carbocycles. The highest BCUT2D eigenvalue weighted by Crippen LogP contribution is 2.18. The van der Waals surface area contributed by atoms with Crippen molar-refractivity contribution in [3.63, 3.8) is 0 Å². The zero-order valence-corrected chi connectivity index (χ0v) is 12.0. The Hall–Kier alpha value is -2.24. The fraction of sp³-hybridized carbons (Fsp3) is 0.467. The summed E-state index contributed by atoms with van der Waals surface area (Å²) in [5.41, 5.74) is 0.508. The molecule has 1 atom stereocenters. The van der Waals surface area contributed by atoms with E-state index in [4.69, 9.17) is 4.74 Å². The van der Waals surface area contributed by atoms with Gasteiger partial charge in [-0.3, -0.25) is 9.59 Å². The van der Waals surface area contributed by atoms with E-state index in [0.29, 0.717) is 25.1 Å². The Kier molecular flexibility index (Phi) is 5.03. The van der Waals surface area contributed by atoms with Crippen molar-refractivity contribution in [2.24, 2.45) is 0 Å². The summed E-state index contributed by atoms with van der Waals surface area (Å²) in [5.74, 6) is -0.478. The first-order chi connectivity index (χ1) is 10.2. The first-order valence-corrected chi connectivity index (χ1v) is 7.06. The average Bonchev–Trinajstić information content (AvgIpc) is 2.97. The number of hydrogen-bond acceptors (Lipinski definition) is 4. The maximum absolute atomic E-state index is 12.3. The maximum atomic E-state index is 12.3. The second-order valence-corrected chi connectivity index (χ2v) is 4.92. The van der Waals surface area contributed by atoms with Gasteiger partial charge in [0.2, 0.25) is 6.54 Å². The fourth-order valence-electron chi connectivity index (χ4n) is 2.51. The van der Waals surface area contributed by atoms with E-state index < -0.39 is 6.04 Å². The highest BCUT2D eigenvalue weighted by Gasteiger charge is 2.36. The molecule has 1 aliphatic heterocycles. The number of carbonyl (C=O) groups is 3. The van der Waals surface area contributed by atoms with Crippen LogP contribution < -0.4 is 4.57 Å². The van der Waals surface area contributed by atoms with Gasteiger partial charge in [-0.05, 0) is 25.8 Å². The van der Waals surface area contributed by atoms with Crippen LogP contribution in [0.1, 0.15) is 30.1 Å². The van der Waals surface area contributed by atoms with Crippen molar-refractivity contribution in [1.82, 2.24) is 4.90 Å². The summed E-state index contributed by atoms with van der Waals surface area (Å²) in [4.78, 5) is 36.5. The molecular weight excluding hydrogens is 272 g/mol. The lowest BCUT2D eigenvalue weighted by atomic mass is 10.2. The number of amides is 1. The zero-order valence-electron chi connectivity index (χ0n) is 12.0. The van der Waals surface area contributed by atoms with Gasteiger partial charge in [0, 0.05) is 12.6 Å². The van der Waals surface area contributed by atoms with E-state index in [9.17, 15) is 14.4 Å². The average molecular weight is 291 g/mol. The van der Waals surface area contributed by atoms with Crippen molar-refractivity contribution in [3.05, 3.63) is 30.1 Å². The van der Waals surface area contributed by atoms with E-state index in [-0.39, 0.29) is 18.4 Å². The summed E-state index contributed by atoms with van der Waals surface area (Å²) in [6.45, 7) is 2.74. The molecule has 112 valence electrons. The normalized spacial score (nSPS) is 17.6. The molecule has 1 aliphatic rings. The minimum atomic E-state index is -0.479. The number of aromatic nitrogens is 1. The third kappa shape index (κ3) is 3.65. The van der Waals surface area contributed by atoms with Crippen LogP contribution in [0.3, 0.4) is 0 Å². The fourth-order valence-corrected chi connectivity index (χ4v) is 2.51. The molecule has 6 heteroatoms. The number of nitrogens with zero attached hydrogens (tertiary/aromatic N) is 2. The van der Waals surface area contributed by atoms with E-state index in [1.165, 1.54) is 0 Å². The molecule has 0 radical (unpaired) electrons. The van der Waals surface area contributed by atoms with Gasteiger partial charge in [0.05, 0.1) is 12.2 Å². The monoisotopic (exact) mass is 291 g/mol. The molecule has 21 heavy (non-hydrogen) atoms. The molecule has 0 spiro atoms. The molecular formula is C15H19N2O4+. The Balaban J connectivity index is 2.04. The first-order valence-electron chi connectivity index (χ1n) is 7.06. The van der Waals surface area contributed by atoms with Crippen LogP contribution in [0.15, 0.2) is 24.5 Å². The summed E-state index contributed by atoms with van der Waals surface area (Å²) in [5, 5.41) is 0. The number of esters is 1. The third-order valence-electron chi connectivity index (χ3n) is 3.47. The summed E-state index contributed by atoms with van der Waals surface area (Å²) in [7, 11) is 0. The molecule has 2 heterocycles. The van der Waals surface area contributed by atoms with Gasteiger partial charge in [0.1, 0.15) is 6.04 Å². The van der Waals surface area contributed by atoms with Crippen molar-refractivity contribution in [2.75, 3.05) is 13.2 Å². The van der Waals surface area contributed by atoms with Gasteiger partial charge in [-0.2, -0.15) is 4.57 Å². The highest BCUT2D eigenvalue weighted by atomic mass is 16.5. The Morgan fingerprint density at radius 2 is 2.33 bits per heavy atom. The summed E-state index contributed by atoms with van der Waals surface area (Å²) < 4.78 is 6.65. The van der Waals surface area contributed by atoms with E-state index in [1.807, 2.05) is 0 Å². The molecule has 6 nitrogen and oxygen atoms in total. The van der Waals surface area contributed by atoms with Crippen molar-refractivity contribution in [2.45, 2.75) is 32.4 Å². The van der Waals surface area contributed by atoms with Gasteiger partial charge in [0.25, 0.3) is 5.91 Å². The SMILES string of the molecule is CCOC(=O)C1CCCN1C(=O)C[n+]1cccc(C=O)c1. The Bertz CT molecular complexity index is 544. The number of likely N-dealkylation sites (tertiary alicyclic amines) is 1. The van der Waals surface area contributed by atoms with Crippen molar-refractivity contribution in [3.8, 4) is 0 Å². The van der Waals surface area contributed by atoms with Gasteiger partial charge in [-0.15, -0.1) is 0 Å². The molecule has 0 saturated carbocycles. The topological polar surface area (TPSA) is 67.6 Å². The van der Waals surface area contributed by atoms with Crippen molar-refractivity contribution < 1.29 is 23.7 Å². The molecule has 1 aromatic rings. The van der Waals surface area contributed by atoms with Crippen LogP contribution in [0, 0.1) is 0 Å². The van der Waals surface area contributed by atoms with Crippen LogP contribution in [0.2, 0.25) is 0 Å². The number of carbonyl (C=O) groups excluding carboxylic acids is 3. The first kappa shape index (κ1) is 15.2. The smallest absolute Gasteiger partial charge is 0.328 e. The molecule has 1 amide bonds. The summed E-state index contributed by atoms with van der Waals surface area (Å²) in [6.07, 6.45) is 5.51. The van der Waals surface area contributed by atoms with Crippen LogP contribution in [0.25, 0.3) is 0 Å². The Morgan fingerprint density at radius 3 is 3.05 bits per heavy atom. The Morgan fingerprint density at radius 1 is 1.52 bits per heavy atom. The minimum absolute atomic E-state index is 0.109. The summed E-state index contributed by atoms with van der Waals surface area (Å²) >= 11 is 0. The largest absolute Gasteiger partial charge is 0.464 e. The predicted octanol–water partition coefficient (Wildman–Crippen LogP) is 0.341. The quantitative estimate of drug-likeness (QED) is 0.446. The van der Waals surface area contributed by atoms with E-state index >= 15 is 0 Å². The molecule has 0 aromatic carbocycles. The second-order valence-electron chi connectivity index (χ2n) is 4.92. The highest BCUT2D eigenvalue weighted by molar-refractivity contribution is 5.84. The van der Waals surface area contributed by atoms with Crippen molar-refractivity contribution >= 4 is 18.2 Å². The van der Waals surface area contributed by atoms with Crippen LogP contribution in [-0.2, 0) is 20.9 Å². The zero-order chi connectivity index (χ0) is 15.2. The molecule has 1 aromatic heterocycles. The summed E-state index contributed by atoms with van der Waals surface area (Å²) in [6, 6.07) is 2.90. The predicted molar refractivity (Wildman–Crippen MR) is 73.4 cm³/mol. The van der Waals surface area contributed by atoms with Gasteiger partial charge >= 0.3 is 5.97 Å². The van der Waals surface area contributed by atoms with Crippen LogP contribution in [-0.4, -0.2) is 42.3 Å². The molecule has 1 saturated heterocycles. The number of ether oxygens (including phenoxy) is 1. The van der Waals surface area contributed by atoms with E-state index in [2.05, 4.69) is 0 Å². The maximum Gasteiger partial charge on any atom is 0.328 e. The third-order valence-corrected chi connectivity index (χ3v) is 3.47. The number of pyridine rings is 1. The molecule has 0 bridgehead atoms. The van der Waals surface area contributed by atoms with Gasteiger partial charge < -0.3 is 9.64 Å². The lowest BCUT2D eigenvalue weighted by Gasteiger charge is -2.21. The van der Waals surface area contributed by atoms with Gasteiger partial charge in [-0.25, -0.2) is 4.79 Å². The number of rotatable bonds is 5. The molecule has 2 rings (SSSR count). The number of hydrogen-bond donors (Lipinski definition) is 0. The molecule has 1 fully saturated rings. The van der Waals surface area contributed by atoms with Crippen LogP contribution in [0.4, 0.5) is 0 Å². The molecule has 1 unspecified atom stereocenters. The standard InChI is InChI=1S/C15H19N2O4/c1-2-21-15(20)13-6-4-8-17(13)14(19)10-16-7-3-5-12(9-16)11-18/h3,5,7,9,11,13H,2,4,6,8,10H2,1H3/q+1. The lowest BCUT2D eigenvalue weighted by Crippen LogP contribution is -2.48. The second kappa shape index (κ2) is 6.97. The van der Waals surface area contributed by atoms with Crippen LogP contribution >= 0.6 is 0 Å². The van der Waals surface area contributed by atoms with E-state index in [1.54, 1.807) is 40.9 Å². The lowest BCUT2D eigenvalue weighted by molar-refractivity contribution is -0.685. The van der Waals surface area contributed by atoms with Crippen LogP contribution in [0.5, 0.6) is 0 Å². The van der Waals surface area contributed by atoms with Gasteiger partial charge in [0.15, 0.2) is 18.7 Å². The Labute approximate surface area is 123 Å². The minimum Gasteiger partial charge on any atom is -0.464 e. The van der Waals surface area contributed by atoms with E-state index in [0.717, 1.165) is 12.7 Å².